The summed E-state index contributed by atoms with van der Waals surface area (Å²) in [5.74, 6) is -1.27. The summed E-state index contributed by atoms with van der Waals surface area (Å²) in [5.41, 5.74) is 0.0344. The third-order valence-electron chi connectivity index (χ3n) is 4.01. The fraction of sp³-hybridized carbons (Fsp3) is 0.263. The molecule has 126 valence electrons. The molecule has 0 aliphatic carbocycles. The third kappa shape index (κ3) is 2.65. The molecule has 24 heavy (non-hydrogen) atoms. The number of aliphatic hydroxyl groups excluding tert-OH is 1. The highest BCUT2D eigenvalue weighted by atomic mass is 19.1. The summed E-state index contributed by atoms with van der Waals surface area (Å²) in [4.78, 5) is 0. The van der Waals surface area contributed by atoms with Crippen molar-refractivity contribution in [3.8, 4) is 5.75 Å². The van der Waals surface area contributed by atoms with E-state index in [0.717, 1.165) is 0 Å². The molecule has 0 saturated heterocycles. The number of hydrogen-bond acceptors (Lipinski definition) is 3. The van der Waals surface area contributed by atoms with Gasteiger partial charge in [-0.15, -0.1) is 6.58 Å². The van der Waals surface area contributed by atoms with Crippen LogP contribution in [0.2, 0.25) is 0 Å². The van der Waals surface area contributed by atoms with Gasteiger partial charge in [0, 0.05) is 16.3 Å². The van der Waals surface area contributed by atoms with Crippen LogP contribution in [0.5, 0.6) is 5.75 Å². The standard InChI is InChI=1S/C19H18F2O3/c1-3-5-10-23-15-9-8-12-11-6-7-13(14(22)4-2)16(20)18(11)24-19(12)17(15)21/h3,6-9,14,22H,1,4-5,10H2,2H3/t14-/m0/s1. The van der Waals surface area contributed by atoms with Gasteiger partial charge in [0.05, 0.1) is 12.7 Å². The SMILES string of the molecule is C=CCCOc1ccc2c(oc3c(F)c([C@@H](O)CC)ccc32)c1F. The number of fused-ring (bicyclic) bond motifs is 3. The molecule has 0 spiro atoms. The normalized spacial score (nSPS) is 12.7. The van der Waals surface area contributed by atoms with E-state index in [9.17, 15) is 13.9 Å². The fourth-order valence-electron chi connectivity index (χ4n) is 2.68. The van der Waals surface area contributed by atoms with Gasteiger partial charge in [0.25, 0.3) is 0 Å². The van der Waals surface area contributed by atoms with Gasteiger partial charge < -0.3 is 14.3 Å². The summed E-state index contributed by atoms with van der Waals surface area (Å²) in [6.07, 6.45) is 1.71. The van der Waals surface area contributed by atoms with E-state index in [2.05, 4.69) is 6.58 Å². The lowest BCUT2D eigenvalue weighted by atomic mass is 10.0. The van der Waals surface area contributed by atoms with Crippen LogP contribution in [0.25, 0.3) is 21.9 Å². The number of furan rings is 1. The zero-order valence-electron chi connectivity index (χ0n) is 13.3. The average molecular weight is 332 g/mol. The van der Waals surface area contributed by atoms with Gasteiger partial charge in [-0.2, -0.15) is 4.39 Å². The van der Waals surface area contributed by atoms with Gasteiger partial charge in [-0.05, 0) is 31.0 Å². The predicted molar refractivity (Wildman–Crippen MR) is 89.2 cm³/mol. The molecule has 1 atom stereocenters. The maximum atomic E-state index is 14.6. The highest BCUT2D eigenvalue weighted by molar-refractivity contribution is 6.05. The molecule has 5 heteroatoms. The van der Waals surface area contributed by atoms with Crippen LogP contribution < -0.4 is 4.74 Å². The van der Waals surface area contributed by atoms with E-state index in [1.54, 1.807) is 25.1 Å². The minimum absolute atomic E-state index is 0.0526. The molecule has 3 nitrogen and oxygen atoms in total. The highest BCUT2D eigenvalue weighted by Gasteiger charge is 2.21. The van der Waals surface area contributed by atoms with Crippen LogP contribution in [0.1, 0.15) is 31.4 Å². The zero-order chi connectivity index (χ0) is 17.3. The Hall–Kier alpha value is -2.40. The van der Waals surface area contributed by atoms with Gasteiger partial charge >= 0.3 is 0 Å². The number of hydrogen-bond donors (Lipinski definition) is 1. The molecule has 3 rings (SSSR count). The Morgan fingerprint density at radius 1 is 1.17 bits per heavy atom. The molecular weight excluding hydrogens is 314 g/mol. The minimum atomic E-state index is -0.926. The molecule has 0 radical (unpaired) electrons. The Labute approximate surface area is 138 Å². The lowest BCUT2D eigenvalue weighted by molar-refractivity contribution is 0.169. The van der Waals surface area contributed by atoms with Crippen molar-refractivity contribution in [3.63, 3.8) is 0 Å². The monoisotopic (exact) mass is 332 g/mol. The van der Waals surface area contributed by atoms with Gasteiger partial charge in [-0.1, -0.05) is 19.1 Å². The molecule has 2 aromatic carbocycles. The van der Waals surface area contributed by atoms with Crippen molar-refractivity contribution in [2.24, 2.45) is 0 Å². The van der Waals surface area contributed by atoms with Crippen LogP contribution in [-0.4, -0.2) is 11.7 Å². The van der Waals surface area contributed by atoms with Gasteiger partial charge in [-0.25, -0.2) is 4.39 Å². The van der Waals surface area contributed by atoms with Crippen LogP contribution in [0, 0.1) is 11.6 Å². The van der Waals surface area contributed by atoms with Gasteiger partial charge in [-0.3, -0.25) is 0 Å². The topological polar surface area (TPSA) is 42.6 Å². The largest absolute Gasteiger partial charge is 0.490 e. The second-order valence-corrected chi connectivity index (χ2v) is 5.55. The van der Waals surface area contributed by atoms with Crippen LogP contribution in [0.4, 0.5) is 8.78 Å². The van der Waals surface area contributed by atoms with E-state index >= 15 is 0 Å². The Balaban J connectivity index is 2.14. The Morgan fingerprint density at radius 3 is 2.50 bits per heavy atom. The van der Waals surface area contributed by atoms with Crippen molar-refractivity contribution in [2.45, 2.75) is 25.9 Å². The lowest BCUT2D eigenvalue weighted by Gasteiger charge is -2.08. The second-order valence-electron chi connectivity index (χ2n) is 5.55. The number of benzene rings is 2. The second kappa shape index (κ2) is 6.61. The number of ether oxygens (including phenoxy) is 1. The first-order chi connectivity index (χ1) is 11.6. The maximum Gasteiger partial charge on any atom is 0.208 e. The van der Waals surface area contributed by atoms with Crippen molar-refractivity contribution >= 4 is 21.9 Å². The first-order valence-corrected chi connectivity index (χ1v) is 7.83. The molecule has 1 N–H and O–H groups in total. The van der Waals surface area contributed by atoms with Crippen LogP contribution >= 0.6 is 0 Å². The third-order valence-corrected chi connectivity index (χ3v) is 4.01. The van der Waals surface area contributed by atoms with Crippen molar-refractivity contribution in [3.05, 3.63) is 54.1 Å². The number of aliphatic hydroxyl groups is 1. The summed E-state index contributed by atoms with van der Waals surface area (Å²) in [7, 11) is 0. The molecule has 1 aromatic heterocycles. The quantitative estimate of drug-likeness (QED) is 0.494. The lowest BCUT2D eigenvalue weighted by Crippen LogP contribution is -1.98. The van der Waals surface area contributed by atoms with Gasteiger partial charge in [0.15, 0.2) is 22.7 Å². The molecule has 1 heterocycles. The van der Waals surface area contributed by atoms with Crippen LogP contribution in [0.3, 0.4) is 0 Å². The summed E-state index contributed by atoms with van der Waals surface area (Å²) >= 11 is 0. The summed E-state index contributed by atoms with van der Waals surface area (Å²) in [5, 5.41) is 10.8. The first-order valence-electron chi connectivity index (χ1n) is 7.83. The van der Waals surface area contributed by atoms with Crippen molar-refractivity contribution < 1.29 is 23.0 Å². The van der Waals surface area contributed by atoms with Crippen LogP contribution in [0.15, 0.2) is 41.3 Å². The number of rotatable bonds is 6. The van der Waals surface area contributed by atoms with E-state index < -0.39 is 17.7 Å². The van der Waals surface area contributed by atoms with Crippen molar-refractivity contribution in [1.82, 2.24) is 0 Å². The maximum absolute atomic E-state index is 14.6. The van der Waals surface area contributed by atoms with Crippen molar-refractivity contribution in [2.75, 3.05) is 6.61 Å². The molecule has 0 aliphatic rings. The van der Waals surface area contributed by atoms with E-state index in [1.165, 1.54) is 12.1 Å². The highest BCUT2D eigenvalue weighted by Crippen LogP contribution is 2.37. The van der Waals surface area contributed by atoms with Crippen molar-refractivity contribution in [1.29, 1.82) is 0 Å². The molecule has 0 bridgehead atoms. The molecule has 0 unspecified atom stereocenters. The summed E-state index contributed by atoms with van der Waals surface area (Å²) in [6, 6.07) is 6.29. The average Bonchev–Trinajstić information content (AvgIpc) is 2.97. The smallest absolute Gasteiger partial charge is 0.208 e. The molecule has 0 aliphatic heterocycles. The molecular formula is C19H18F2O3. The van der Waals surface area contributed by atoms with E-state index in [4.69, 9.17) is 9.15 Å². The Bertz CT molecular complexity index is 899. The minimum Gasteiger partial charge on any atom is -0.490 e. The molecule has 0 fully saturated rings. The molecule has 3 aromatic rings. The Kier molecular flexibility index (Phi) is 4.53. The van der Waals surface area contributed by atoms with E-state index in [0.29, 0.717) is 30.2 Å². The number of halogens is 2. The summed E-state index contributed by atoms with van der Waals surface area (Å²) in [6.45, 7) is 5.63. The van der Waals surface area contributed by atoms with Gasteiger partial charge in [0.2, 0.25) is 5.82 Å². The van der Waals surface area contributed by atoms with Gasteiger partial charge in [0.1, 0.15) is 0 Å². The summed E-state index contributed by atoms with van der Waals surface area (Å²) < 4.78 is 40.0. The fourth-order valence-corrected chi connectivity index (χ4v) is 2.68. The van der Waals surface area contributed by atoms with E-state index in [1.807, 2.05) is 0 Å². The first kappa shape index (κ1) is 16.5. The predicted octanol–water partition coefficient (Wildman–Crippen LogP) is 5.26. The zero-order valence-corrected chi connectivity index (χ0v) is 13.3. The molecule has 0 saturated carbocycles. The molecule has 0 amide bonds. The van der Waals surface area contributed by atoms with E-state index in [-0.39, 0.29) is 22.5 Å². The Morgan fingerprint density at radius 2 is 1.83 bits per heavy atom. The van der Waals surface area contributed by atoms with Crippen LogP contribution in [-0.2, 0) is 0 Å².